The van der Waals surface area contributed by atoms with Crippen LogP contribution in [0.15, 0.2) is 42.6 Å². The van der Waals surface area contributed by atoms with E-state index < -0.39 is 0 Å². The van der Waals surface area contributed by atoms with E-state index in [2.05, 4.69) is 11.9 Å². The van der Waals surface area contributed by atoms with Gasteiger partial charge in [0.05, 0.1) is 18.3 Å². The summed E-state index contributed by atoms with van der Waals surface area (Å²) in [5.41, 5.74) is 9.32. The van der Waals surface area contributed by atoms with Crippen LogP contribution in [0.4, 0.5) is 0 Å². The number of hydrogen-bond acceptors (Lipinski definition) is 3. The van der Waals surface area contributed by atoms with Crippen LogP contribution in [0.3, 0.4) is 0 Å². The Balaban J connectivity index is 2.30. The molecule has 2 aromatic rings. The highest BCUT2D eigenvalue weighted by Crippen LogP contribution is 2.27. The fraction of sp³-hybridized carbons (Fsp3) is 0.312. The maximum absolute atomic E-state index is 6.32. The lowest BCUT2D eigenvalue weighted by molar-refractivity contribution is 0.313. The van der Waals surface area contributed by atoms with E-state index in [1.807, 2.05) is 43.3 Å². The first-order valence-electron chi connectivity index (χ1n) is 6.62. The van der Waals surface area contributed by atoms with Gasteiger partial charge >= 0.3 is 0 Å². The Morgan fingerprint density at radius 2 is 2.05 bits per heavy atom. The summed E-state index contributed by atoms with van der Waals surface area (Å²) < 4.78 is 5.75. The molecule has 3 nitrogen and oxygen atoms in total. The number of ether oxygens (including phenoxy) is 1. The Morgan fingerprint density at radius 1 is 1.26 bits per heavy atom. The summed E-state index contributed by atoms with van der Waals surface area (Å²) in [6.45, 7) is 4.83. The van der Waals surface area contributed by atoms with Gasteiger partial charge in [-0.3, -0.25) is 4.98 Å². The van der Waals surface area contributed by atoms with E-state index in [-0.39, 0.29) is 6.04 Å². The average Bonchev–Trinajstić information content (AvgIpc) is 2.44. The molecule has 0 fully saturated rings. The smallest absolute Gasteiger partial charge is 0.124 e. The van der Waals surface area contributed by atoms with Crippen LogP contribution >= 0.6 is 0 Å². The molecule has 0 radical (unpaired) electrons. The molecule has 1 unspecified atom stereocenters. The summed E-state index contributed by atoms with van der Waals surface area (Å²) in [5.74, 6) is 0.847. The van der Waals surface area contributed by atoms with Gasteiger partial charge in [0.1, 0.15) is 5.75 Å². The van der Waals surface area contributed by atoms with E-state index in [4.69, 9.17) is 10.5 Å². The van der Waals surface area contributed by atoms with Gasteiger partial charge in [-0.05, 0) is 37.1 Å². The van der Waals surface area contributed by atoms with Crippen LogP contribution in [-0.2, 0) is 0 Å². The van der Waals surface area contributed by atoms with Gasteiger partial charge in [-0.25, -0.2) is 0 Å². The van der Waals surface area contributed by atoms with Crippen molar-refractivity contribution in [2.45, 2.75) is 26.3 Å². The number of benzene rings is 1. The summed E-state index contributed by atoms with van der Waals surface area (Å²) in [5, 5.41) is 0. The second kappa shape index (κ2) is 6.34. The number of rotatable bonds is 5. The highest BCUT2D eigenvalue weighted by Gasteiger charge is 2.15. The molecule has 0 amide bonds. The van der Waals surface area contributed by atoms with Crippen molar-refractivity contribution in [1.82, 2.24) is 4.98 Å². The summed E-state index contributed by atoms with van der Waals surface area (Å²) >= 11 is 0. The number of aromatic nitrogens is 1. The Morgan fingerprint density at radius 3 is 2.79 bits per heavy atom. The molecule has 19 heavy (non-hydrogen) atoms. The van der Waals surface area contributed by atoms with E-state index in [9.17, 15) is 0 Å². The number of nitrogens with two attached hydrogens (primary N) is 1. The Bertz CT molecular complexity index is 540. The van der Waals surface area contributed by atoms with Gasteiger partial charge in [0.25, 0.3) is 0 Å². The van der Waals surface area contributed by atoms with Crippen molar-refractivity contribution >= 4 is 0 Å². The summed E-state index contributed by atoms with van der Waals surface area (Å²) in [6.07, 6.45) is 2.77. The third-order valence-corrected chi connectivity index (χ3v) is 2.97. The summed E-state index contributed by atoms with van der Waals surface area (Å²) in [7, 11) is 0. The SMILES string of the molecule is CCCOc1ccccc1C(N)c1cc(C)ccn1. The third-order valence-electron chi connectivity index (χ3n) is 2.97. The quantitative estimate of drug-likeness (QED) is 0.893. The number of nitrogens with zero attached hydrogens (tertiary/aromatic N) is 1. The van der Waals surface area contributed by atoms with Crippen molar-refractivity contribution in [3.05, 3.63) is 59.4 Å². The first-order valence-corrected chi connectivity index (χ1v) is 6.62. The van der Waals surface area contributed by atoms with Gasteiger partial charge in [0.15, 0.2) is 0 Å². The summed E-state index contributed by atoms with van der Waals surface area (Å²) in [6, 6.07) is 11.6. The van der Waals surface area contributed by atoms with Crippen LogP contribution in [0.1, 0.15) is 36.2 Å². The maximum Gasteiger partial charge on any atom is 0.124 e. The molecular formula is C16H20N2O. The standard InChI is InChI=1S/C16H20N2O/c1-3-10-19-15-7-5-4-6-13(15)16(17)14-11-12(2)8-9-18-14/h4-9,11,16H,3,10,17H2,1-2H3. The van der Waals surface area contributed by atoms with Crippen LogP contribution in [-0.4, -0.2) is 11.6 Å². The van der Waals surface area contributed by atoms with E-state index in [0.717, 1.165) is 29.0 Å². The van der Waals surface area contributed by atoms with Crippen molar-refractivity contribution in [3.63, 3.8) is 0 Å². The lowest BCUT2D eigenvalue weighted by atomic mass is 10.0. The van der Waals surface area contributed by atoms with E-state index in [1.54, 1.807) is 6.20 Å². The molecule has 1 heterocycles. The summed E-state index contributed by atoms with van der Waals surface area (Å²) in [4.78, 5) is 4.36. The second-order valence-corrected chi connectivity index (χ2v) is 4.62. The molecular weight excluding hydrogens is 236 g/mol. The van der Waals surface area contributed by atoms with Gasteiger partial charge in [-0.1, -0.05) is 25.1 Å². The van der Waals surface area contributed by atoms with Gasteiger partial charge < -0.3 is 10.5 Å². The topological polar surface area (TPSA) is 48.1 Å². The lowest BCUT2D eigenvalue weighted by Gasteiger charge is -2.16. The monoisotopic (exact) mass is 256 g/mol. The lowest BCUT2D eigenvalue weighted by Crippen LogP contribution is -2.15. The molecule has 0 saturated heterocycles. The number of hydrogen-bond donors (Lipinski definition) is 1. The molecule has 1 aromatic carbocycles. The molecule has 3 heteroatoms. The van der Waals surface area contributed by atoms with Crippen molar-refractivity contribution < 1.29 is 4.74 Å². The van der Waals surface area contributed by atoms with E-state index >= 15 is 0 Å². The highest BCUT2D eigenvalue weighted by molar-refractivity contribution is 5.40. The molecule has 1 atom stereocenters. The van der Waals surface area contributed by atoms with Crippen LogP contribution in [0.25, 0.3) is 0 Å². The largest absolute Gasteiger partial charge is 0.493 e. The Labute approximate surface area is 114 Å². The first-order chi connectivity index (χ1) is 9.22. The van der Waals surface area contributed by atoms with E-state index in [1.165, 1.54) is 0 Å². The molecule has 2 rings (SSSR count). The van der Waals surface area contributed by atoms with Gasteiger partial charge in [0, 0.05) is 11.8 Å². The molecule has 2 N–H and O–H groups in total. The molecule has 0 bridgehead atoms. The molecule has 0 saturated carbocycles. The minimum absolute atomic E-state index is 0.257. The highest BCUT2D eigenvalue weighted by atomic mass is 16.5. The van der Waals surface area contributed by atoms with Crippen molar-refractivity contribution in [2.75, 3.05) is 6.61 Å². The fourth-order valence-corrected chi connectivity index (χ4v) is 1.97. The minimum Gasteiger partial charge on any atom is -0.493 e. The zero-order valence-electron chi connectivity index (χ0n) is 11.5. The van der Waals surface area contributed by atoms with Gasteiger partial charge in [-0.2, -0.15) is 0 Å². The predicted octanol–water partition coefficient (Wildman–Crippen LogP) is 3.23. The molecule has 0 spiro atoms. The number of pyridine rings is 1. The average molecular weight is 256 g/mol. The zero-order chi connectivity index (χ0) is 13.7. The zero-order valence-corrected chi connectivity index (χ0v) is 11.5. The number of aryl methyl sites for hydroxylation is 1. The van der Waals surface area contributed by atoms with Crippen molar-refractivity contribution in [2.24, 2.45) is 5.73 Å². The molecule has 0 aliphatic rings. The predicted molar refractivity (Wildman–Crippen MR) is 77.2 cm³/mol. The van der Waals surface area contributed by atoms with Crippen LogP contribution in [0.2, 0.25) is 0 Å². The minimum atomic E-state index is -0.257. The number of para-hydroxylation sites is 1. The molecule has 1 aromatic heterocycles. The van der Waals surface area contributed by atoms with Crippen molar-refractivity contribution in [1.29, 1.82) is 0 Å². The van der Waals surface area contributed by atoms with Crippen LogP contribution in [0.5, 0.6) is 5.75 Å². The molecule has 0 aliphatic carbocycles. The Kier molecular flexibility index (Phi) is 4.53. The molecule has 0 aliphatic heterocycles. The van der Waals surface area contributed by atoms with Gasteiger partial charge in [-0.15, -0.1) is 0 Å². The maximum atomic E-state index is 6.32. The van der Waals surface area contributed by atoms with Crippen molar-refractivity contribution in [3.8, 4) is 5.75 Å². The first kappa shape index (κ1) is 13.6. The molecule has 100 valence electrons. The fourth-order valence-electron chi connectivity index (χ4n) is 1.97. The normalized spacial score (nSPS) is 12.2. The Hall–Kier alpha value is -1.87. The van der Waals surface area contributed by atoms with E-state index in [0.29, 0.717) is 6.61 Å². The third kappa shape index (κ3) is 3.32. The van der Waals surface area contributed by atoms with Gasteiger partial charge in [0.2, 0.25) is 0 Å². The van der Waals surface area contributed by atoms with Crippen LogP contribution in [0, 0.1) is 6.92 Å². The second-order valence-electron chi connectivity index (χ2n) is 4.62. The van der Waals surface area contributed by atoms with Crippen LogP contribution < -0.4 is 10.5 Å².